The van der Waals surface area contributed by atoms with Crippen LogP contribution in [0.5, 0.6) is 0 Å². The molecule has 0 amide bonds. The highest BCUT2D eigenvalue weighted by molar-refractivity contribution is 6.31. The van der Waals surface area contributed by atoms with Gasteiger partial charge in [0.1, 0.15) is 11.1 Å². The molecule has 0 radical (unpaired) electrons. The maximum Gasteiger partial charge on any atom is 0.227 e. The van der Waals surface area contributed by atoms with E-state index < -0.39 is 0 Å². The summed E-state index contributed by atoms with van der Waals surface area (Å²) < 4.78 is 13.5. The third kappa shape index (κ3) is 5.21. The summed E-state index contributed by atoms with van der Waals surface area (Å²) in [5, 5.41) is 6.48. The van der Waals surface area contributed by atoms with Crippen molar-refractivity contribution in [3.05, 3.63) is 200 Å². The van der Waals surface area contributed by atoms with Gasteiger partial charge in [0.15, 0.2) is 11.2 Å². The number of furan rings is 1. The van der Waals surface area contributed by atoms with Crippen molar-refractivity contribution in [2.24, 2.45) is 0 Å². The fourth-order valence-corrected chi connectivity index (χ4v) is 8.12. The molecule has 2 aromatic heterocycles. The number of nitrogens with zero attached hydrogens (tertiary/aromatic N) is 3. The van der Waals surface area contributed by atoms with Crippen LogP contribution in [0.4, 0.5) is 34.1 Å². The van der Waals surface area contributed by atoms with E-state index in [4.69, 9.17) is 13.8 Å². The van der Waals surface area contributed by atoms with E-state index in [2.05, 4.69) is 174 Å². The minimum absolute atomic E-state index is 0.565. The van der Waals surface area contributed by atoms with Gasteiger partial charge < -0.3 is 18.6 Å². The Bertz CT molecular complexity index is 3100. The molecule has 0 aliphatic rings. The summed E-state index contributed by atoms with van der Waals surface area (Å²) in [5.74, 6) is 0.565. The van der Waals surface area contributed by atoms with E-state index in [9.17, 15) is 0 Å². The van der Waals surface area contributed by atoms with Crippen molar-refractivity contribution in [2.45, 2.75) is 0 Å². The van der Waals surface area contributed by atoms with E-state index in [1.165, 1.54) is 0 Å². The molecule has 11 aromatic rings. The predicted molar refractivity (Wildman–Crippen MR) is 231 cm³/mol. The molecule has 0 spiro atoms. The highest BCUT2D eigenvalue weighted by atomic mass is 16.4. The van der Waals surface area contributed by atoms with Crippen LogP contribution in [0.2, 0.25) is 0 Å². The van der Waals surface area contributed by atoms with Crippen LogP contribution in [0.15, 0.2) is 209 Å². The van der Waals surface area contributed by atoms with Crippen LogP contribution in [0.25, 0.3) is 66.0 Å². The average molecular weight is 720 g/mol. The highest BCUT2D eigenvalue weighted by Gasteiger charge is 2.24. The van der Waals surface area contributed by atoms with E-state index in [0.29, 0.717) is 17.1 Å². The molecule has 2 heterocycles. The summed E-state index contributed by atoms with van der Waals surface area (Å²) in [5.41, 5.74) is 10.1. The van der Waals surface area contributed by atoms with Gasteiger partial charge in [-0.25, -0.2) is 4.98 Å². The van der Waals surface area contributed by atoms with Gasteiger partial charge in [-0.3, -0.25) is 0 Å². The lowest BCUT2D eigenvalue weighted by Crippen LogP contribution is -2.10. The third-order valence-corrected chi connectivity index (χ3v) is 10.6. The molecule has 5 nitrogen and oxygen atoms in total. The van der Waals surface area contributed by atoms with Crippen LogP contribution in [0, 0.1) is 0 Å². The van der Waals surface area contributed by atoms with Gasteiger partial charge in [-0.1, -0.05) is 109 Å². The molecule has 0 atom stereocenters. The third-order valence-electron chi connectivity index (χ3n) is 10.6. The largest absolute Gasteiger partial charge is 0.452 e. The Balaban J connectivity index is 1.26. The van der Waals surface area contributed by atoms with Gasteiger partial charge in [0.2, 0.25) is 5.89 Å². The van der Waals surface area contributed by atoms with Crippen LogP contribution in [-0.2, 0) is 0 Å². The average Bonchev–Trinajstić information content (AvgIpc) is 3.88. The standard InChI is InChI=1S/C51H33N3O2/c1-6-16-35(17-7-1)51-52-44-31-30-42-48-46(55-49(42)50(44)56-51)33-45(54(38-22-12-4-13-23-38)39-24-14-5-15-25-39)41-29-27-34-26-28-40(32-43(34)47(41)48)53(36-18-8-2-9-19-36)37-20-10-3-11-21-37/h1-33H. The number of hydrogen-bond acceptors (Lipinski definition) is 5. The zero-order chi connectivity index (χ0) is 37.0. The first-order chi connectivity index (χ1) is 27.8. The quantitative estimate of drug-likeness (QED) is 0.153. The number of benzene rings is 9. The van der Waals surface area contributed by atoms with Gasteiger partial charge in [0, 0.05) is 61.6 Å². The molecular weight excluding hydrogens is 687 g/mol. The number of aromatic nitrogens is 1. The molecule has 5 heteroatoms. The number of hydrogen-bond donors (Lipinski definition) is 0. The van der Waals surface area contributed by atoms with Gasteiger partial charge in [-0.2, -0.15) is 0 Å². The van der Waals surface area contributed by atoms with Crippen molar-refractivity contribution >= 4 is 88.7 Å². The molecule has 0 N–H and O–H groups in total. The summed E-state index contributed by atoms with van der Waals surface area (Å²) in [4.78, 5) is 9.53. The van der Waals surface area contributed by atoms with Gasteiger partial charge in [0.05, 0.1) is 5.69 Å². The molecule has 11 rings (SSSR count). The van der Waals surface area contributed by atoms with Crippen LogP contribution in [0.3, 0.4) is 0 Å². The van der Waals surface area contributed by atoms with E-state index in [0.717, 1.165) is 83.1 Å². The van der Waals surface area contributed by atoms with Crippen molar-refractivity contribution < 1.29 is 8.83 Å². The molecule has 264 valence electrons. The topological polar surface area (TPSA) is 45.7 Å². The number of oxazole rings is 1. The smallest absolute Gasteiger partial charge is 0.227 e. The Morgan fingerprint density at radius 3 is 1.52 bits per heavy atom. The second-order valence-electron chi connectivity index (χ2n) is 14.0. The Kier molecular flexibility index (Phi) is 7.42. The number of para-hydroxylation sites is 4. The molecule has 9 aromatic carbocycles. The first-order valence-corrected chi connectivity index (χ1v) is 18.8. The molecule has 0 aliphatic carbocycles. The maximum absolute atomic E-state index is 6.98. The van der Waals surface area contributed by atoms with Crippen LogP contribution in [-0.4, -0.2) is 4.98 Å². The van der Waals surface area contributed by atoms with Crippen molar-refractivity contribution in [3.63, 3.8) is 0 Å². The summed E-state index contributed by atoms with van der Waals surface area (Å²) in [6, 6.07) is 69.8. The van der Waals surface area contributed by atoms with Crippen LogP contribution < -0.4 is 9.80 Å². The van der Waals surface area contributed by atoms with Crippen molar-refractivity contribution in [1.29, 1.82) is 0 Å². The Morgan fingerprint density at radius 2 is 0.911 bits per heavy atom. The number of fused-ring (bicyclic) bond motifs is 9. The van der Waals surface area contributed by atoms with Crippen molar-refractivity contribution in [3.8, 4) is 11.5 Å². The summed E-state index contributed by atoms with van der Waals surface area (Å²) in [7, 11) is 0. The zero-order valence-electron chi connectivity index (χ0n) is 30.2. The molecule has 0 fully saturated rings. The Labute approximate surface area is 322 Å². The maximum atomic E-state index is 6.98. The lowest BCUT2D eigenvalue weighted by molar-refractivity contribution is 0.603. The second-order valence-corrected chi connectivity index (χ2v) is 14.0. The normalized spacial score (nSPS) is 11.6. The predicted octanol–water partition coefficient (Wildman–Crippen LogP) is 14.6. The molecule has 0 aliphatic heterocycles. The van der Waals surface area contributed by atoms with Crippen LogP contribution >= 0.6 is 0 Å². The van der Waals surface area contributed by atoms with Gasteiger partial charge in [-0.05, 0) is 95.7 Å². The fourth-order valence-electron chi connectivity index (χ4n) is 8.12. The second kappa shape index (κ2) is 13.0. The highest BCUT2D eigenvalue weighted by Crippen LogP contribution is 2.48. The number of rotatable bonds is 7. The monoisotopic (exact) mass is 719 g/mol. The molecule has 0 saturated carbocycles. The fraction of sp³-hybridized carbons (Fsp3) is 0. The van der Waals surface area contributed by atoms with E-state index in [1.807, 2.05) is 36.4 Å². The molecule has 56 heavy (non-hydrogen) atoms. The first kappa shape index (κ1) is 31.9. The summed E-state index contributed by atoms with van der Waals surface area (Å²) in [6.45, 7) is 0. The summed E-state index contributed by atoms with van der Waals surface area (Å²) >= 11 is 0. The minimum Gasteiger partial charge on any atom is -0.452 e. The lowest BCUT2D eigenvalue weighted by Gasteiger charge is -2.28. The lowest BCUT2D eigenvalue weighted by atomic mass is 9.94. The molecular formula is C51H33N3O2. The first-order valence-electron chi connectivity index (χ1n) is 18.8. The van der Waals surface area contributed by atoms with Crippen LogP contribution in [0.1, 0.15) is 0 Å². The molecule has 0 unspecified atom stereocenters. The van der Waals surface area contributed by atoms with E-state index in [1.54, 1.807) is 0 Å². The van der Waals surface area contributed by atoms with Crippen molar-refractivity contribution in [1.82, 2.24) is 4.98 Å². The van der Waals surface area contributed by atoms with Gasteiger partial charge in [-0.15, -0.1) is 0 Å². The molecule has 0 saturated heterocycles. The van der Waals surface area contributed by atoms with Gasteiger partial charge in [0.25, 0.3) is 0 Å². The summed E-state index contributed by atoms with van der Waals surface area (Å²) in [6.07, 6.45) is 0. The van der Waals surface area contributed by atoms with Crippen molar-refractivity contribution in [2.75, 3.05) is 9.80 Å². The molecule has 0 bridgehead atoms. The Hall–Kier alpha value is -7.63. The van der Waals surface area contributed by atoms with Gasteiger partial charge >= 0.3 is 0 Å². The van der Waals surface area contributed by atoms with E-state index >= 15 is 0 Å². The zero-order valence-corrected chi connectivity index (χ0v) is 30.2. The number of anilines is 6. The van der Waals surface area contributed by atoms with E-state index in [-0.39, 0.29) is 0 Å². The minimum atomic E-state index is 0.565. The Morgan fingerprint density at radius 1 is 0.375 bits per heavy atom. The SMILES string of the molecule is c1ccc(-c2nc3ccc4c(oc5cc(N(c6ccccc6)c6ccccc6)c6ccc7ccc(N(c8ccccc8)c8ccccc8)cc7c6c54)c3o2)cc1.